The van der Waals surface area contributed by atoms with E-state index in [4.69, 9.17) is 5.21 Å². The van der Waals surface area contributed by atoms with Crippen molar-refractivity contribution in [2.75, 3.05) is 13.1 Å². The largest absolute Gasteiger partial charge is 0.341 e. The van der Waals surface area contributed by atoms with Crippen LogP contribution < -0.4 is 5.48 Å². The molecule has 1 atom stereocenters. The van der Waals surface area contributed by atoms with Crippen LogP contribution in [0.5, 0.6) is 0 Å². The highest BCUT2D eigenvalue weighted by atomic mass is 16.5. The molecular weight excluding hydrogens is 354 g/mol. The van der Waals surface area contributed by atoms with Gasteiger partial charge in [0.25, 0.3) is 0 Å². The van der Waals surface area contributed by atoms with Crippen molar-refractivity contribution in [3.63, 3.8) is 0 Å². The van der Waals surface area contributed by atoms with E-state index in [9.17, 15) is 4.79 Å². The van der Waals surface area contributed by atoms with Crippen LogP contribution in [0.4, 0.5) is 4.79 Å². The molecule has 0 spiro atoms. The van der Waals surface area contributed by atoms with Crippen LogP contribution in [-0.2, 0) is 6.54 Å². The highest BCUT2D eigenvalue weighted by Gasteiger charge is 2.31. The van der Waals surface area contributed by atoms with Crippen molar-refractivity contribution >= 4 is 6.03 Å². The molecule has 150 valence electrons. The quantitative estimate of drug-likeness (QED) is 0.612. The Balaban J connectivity index is 1.81. The van der Waals surface area contributed by atoms with E-state index in [1.165, 1.54) is 5.56 Å². The summed E-state index contributed by atoms with van der Waals surface area (Å²) in [6.45, 7) is 8.30. The summed E-state index contributed by atoms with van der Waals surface area (Å²) >= 11 is 0. The first-order chi connectivity index (χ1) is 13.5. The van der Waals surface area contributed by atoms with Crippen molar-refractivity contribution in [3.8, 4) is 0 Å². The van der Waals surface area contributed by atoms with E-state index in [-0.39, 0.29) is 6.04 Å². The van der Waals surface area contributed by atoms with Crippen molar-refractivity contribution in [2.45, 2.75) is 52.2 Å². The number of nitrogens with one attached hydrogen (secondary N) is 1. The van der Waals surface area contributed by atoms with Gasteiger partial charge in [-0.05, 0) is 56.9 Å². The summed E-state index contributed by atoms with van der Waals surface area (Å²) in [4.78, 5) is 25.0. The van der Waals surface area contributed by atoms with Crippen LogP contribution in [0.25, 0.3) is 0 Å². The number of carbonyl (C=O) groups is 1. The lowest BCUT2D eigenvalue weighted by Gasteiger charge is -2.41. The first-order valence-corrected chi connectivity index (χ1v) is 9.77. The third-order valence-electron chi connectivity index (χ3n) is 5.59. The number of rotatable bonds is 5. The summed E-state index contributed by atoms with van der Waals surface area (Å²) in [5.41, 5.74) is 6.19. The molecule has 1 fully saturated rings. The zero-order valence-electron chi connectivity index (χ0n) is 16.8. The van der Waals surface area contributed by atoms with Crippen molar-refractivity contribution < 1.29 is 10.0 Å². The van der Waals surface area contributed by atoms with E-state index in [1.807, 2.05) is 24.5 Å². The molecule has 2 aromatic rings. The molecule has 2 N–H and O–H groups in total. The average molecular weight is 383 g/mol. The van der Waals surface area contributed by atoms with E-state index >= 15 is 0 Å². The second-order valence-electron chi connectivity index (χ2n) is 7.51. The molecule has 1 unspecified atom stereocenters. The Hall–Kier alpha value is -2.51. The van der Waals surface area contributed by atoms with Crippen LogP contribution >= 0.6 is 0 Å². The van der Waals surface area contributed by atoms with Gasteiger partial charge in [-0.15, -0.1) is 0 Å². The van der Waals surface area contributed by atoms with E-state index < -0.39 is 6.03 Å². The molecule has 3 heterocycles. The van der Waals surface area contributed by atoms with Gasteiger partial charge in [0.05, 0.1) is 11.4 Å². The van der Waals surface area contributed by atoms with Crippen LogP contribution in [0.2, 0.25) is 0 Å². The fourth-order valence-electron chi connectivity index (χ4n) is 3.93. The second kappa shape index (κ2) is 9.12. The van der Waals surface area contributed by atoms with Gasteiger partial charge in [-0.2, -0.15) is 0 Å². The smallest absolute Gasteiger partial charge is 0.323 e. The summed E-state index contributed by atoms with van der Waals surface area (Å²) < 4.78 is 0. The summed E-state index contributed by atoms with van der Waals surface area (Å²) in [6.07, 6.45) is 5.43. The molecule has 7 heteroatoms. The average Bonchev–Trinajstić information content (AvgIpc) is 2.73. The van der Waals surface area contributed by atoms with Crippen LogP contribution in [0.3, 0.4) is 0 Å². The number of amides is 2. The van der Waals surface area contributed by atoms with Gasteiger partial charge in [-0.1, -0.05) is 12.1 Å². The Morgan fingerprint density at radius 3 is 2.68 bits per heavy atom. The van der Waals surface area contributed by atoms with Crippen LogP contribution in [0.1, 0.15) is 48.3 Å². The zero-order chi connectivity index (χ0) is 20.1. The second-order valence-corrected chi connectivity index (χ2v) is 7.51. The summed E-state index contributed by atoms with van der Waals surface area (Å²) in [5, 5.41) is 8.88. The molecule has 1 aliphatic heterocycles. The molecule has 1 saturated heterocycles. The predicted octanol–water partition coefficient (Wildman–Crippen LogP) is 3.22. The number of aromatic nitrogens is 2. The molecule has 7 nitrogen and oxygen atoms in total. The number of piperidine rings is 1. The summed E-state index contributed by atoms with van der Waals surface area (Å²) in [6, 6.07) is 8.17. The lowest BCUT2D eigenvalue weighted by Crippen LogP contribution is -2.49. The van der Waals surface area contributed by atoms with Gasteiger partial charge < -0.3 is 4.90 Å². The number of urea groups is 1. The minimum absolute atomic E-state index is 0.131. The molecule has 1 aliphatic rings. The number of carbonyl (C=O) groups excluding carboxylic acids is 1. The van der Waals surface area contributed by atoms with Gasteiger partial charge >= 0.3 is 6.03 Å². The van der Waals surface area contributed by atoms with Crippen molar-refractivity contribution in [1.82, 2.24) is 25.2 Å². The lowest BCUT2D eigenvalue weighted by molar-refractivity contribution is 0.0676. The lowest BCUT2D eigenvalue weighted by atomic mass is 9.99. The minimum Gasteiger partial charge on any atom is -0.323 e. The Kier molecular flexibility index (Phi) is 6.59. The fourth-order valence-corrected chi connectivity index (χ4v) is 3.93. The highest BCUT2D eigenvalue weighted by molar-refractivity contribution is 5.72. The molecule has 0 aliphatic carbocycles. The highest BCUT2D eigenvalue weighted by Crippen LogP contribution is 2.28. The maximum Gasteiger partial charge on any atom is 0.341 e. The summed E-state index contributed by atoms with van der Waals surface area (Å²) in [7, 11) is 0. The van der Waals surface area contributed by atoms with Gasteiger partial charge in [0, 0.05) is 44.1 Å². The maximum absolute atomic E-state index is 11.7. The maximum atomic E-state index is 11.7. The van der Waals surface area contributed by atoms with Gasteiger partial charge in [-0.3, -0.25) is 20.1 Å². The van der Waals surface area contributed by atoms with Gasteiger partial charge in [0.1, 0.15) is 0 Å². The van der Waals surface area contributed by atoms with E-state index in [2.05, 4.69) is 47.8 Å². The Morgan fingerprint density at radius 1 is 1.32 bits per heavy atom. The first kappa shape index (κ1) is 20.2. The van der Waals surface area contributed by atoms with E-state index in [0.29, 0.717) is 19.1 Å². The Labute approximate surface area is 166 Å². The van der Waals surface area contributed by atoms with Crippen LogP contribution in [-0.4, -0.2) is 50.1 Å². The zero-order valence-corrected chi connectivity index (χ0v) is 16.8. The van der Waals surface area contributed by atoms with Crippen molar-refractivity contribution in [3.05, 3.63) is 59.2 Å². The molecule has 0 saturated carbocycles. The predicted molar refractivity (Wildman–Crippen MR) is 107 cm³/mol. The third-order valence-corrected chi connectivity index (χ3v) is 5.59. The Bertz CT molecular complexity index is 791. The molecular formula is C21H29N5O2. The van der Waals surface area contributed by atoms with Gasteiger partial charge in [-0.25, -0.2) is 10.3 Å². The molecule has 0 radical (unpaired) electrons. The number of hydrogen-bond acceptors (Lipinski definition) is 5. The minimum atomic E-state index is -0.432. The first-order valence-electron chi connectivity index (χ1n) is 9.77. The third kappa shape index (κ3) is 4.66. The van der Waals surface area contributed by atoms with Crippen LogP contribution in [0.15, 0.2) is 36.7 Å². The Morgan fingerprint density at radius 2 is 2.07 bits per heavy atom. The molecule has 0 bridgehead atoms. The number of nitrogens with zero attached hydrogens (tertiary/aromatic N) is 4. The topological polar surface area (TPSA) is 81.6 Å². The van der Waals surface area contributed by atoms with Crippen LogP contribution in [0, 0.1) is 13.8 Å². The number of likely N-dealkylation sites (tertiary alicyclic amines) is 1. The molecule has 3 rings (SSSR count). The molecule has 28 heavy (non-hydrogen) atoms. The SMILES string of the molecule is Cc1cnc(CN(C2CCN(C(=O)NO)CC2)C(C)c2ccccn2)c(C)c1. The number of hydroxylamine groups is 1. The number of aryl methyl sites for hydroxylation is 2. The molecule has 0 aromatic carbocycles. The van der Waals surface area contributed by atoms with Gasteiger partial charge in [0.15, 0.2) is 0 Å². The summed E-state index contributed by atoms with van der Waals surface area (Å²) in [5.74, 6) is 0. The molecule has 2 amide bonds. The van der Waals surface area contributed by atoms with Crippen molar-refractivity contribution in [1.29, 1.82) is 0 Å². The van der Waals surface area contributed by atoms with E-state index in [1.54, 1.807) is 10.4 Å². The molecule has 2 aromatic heterocycles. The number of hydrogen-bond donors (Lipinski definition) is 2. The monoisotopic (exact) mass is 383 g/mol. The van der Waals surface area contributed by atoms with Crippen molar-refractivity contribution in [2.24, 2.45) is 0 Å². The number of pyridine rings is 2. The van der Waals surface area contributed by atoms with E-state index in [0.717, 1.165) is 36.3 Å². The fraction of sp³-hybridized carbons (Fsp3) is 0.476. The normalized spacial score (nSPS) is 16.2. The standard InChI is InChI=1S/C21H29N5O2/c1-15-12-16(2)20(23-13-15)14-26(17(3)19-6-4-5-9-22-19)18-7-10-25(11-8-18)21(27)24-28/h4-6,9,12-13,17-18,28H,7-8,10-11,14H2,1-3H3,(H,24,27). The van der Waals surface area contributed by atoms with Gasteiger partial charge in [0.2, 0.25) is 0 Å².